The molecule has 11 heteroatoms. The number of rotatable bonds is 9. The molecule has 3 N–H and O–H groups in total. The van der Waals surface area contributed by atoms with Gasteiger partial charge in [0.15, 0.2) is 6.17 Å². The Morgan fingerprint density at radius 3 is 1.86 bits per heavy atom. The zero-order valence-corrected chi connectivity index (χ0v) is 12.1. The molecule has 0 bridgehead atoms. The molecule has 0 heterocycles. The van der Waals surface area contributed by atoms with Crippen LogP contribution in [0.4, 0.5) is 30.7 Å². The number of alkyl halides is 7. The van der Waals surface area contributed by atoms with Gasteiger partial charge in [-0.05, 0) is 6.42 Å². The van der Waals surface area contributed by atoms with Crippen LogP contribution in [-0.4, -0.2) is 47.1 Å². The Morgan fingerprint density at radius 1 is 1.00 bits per heavy atom. The Hall–Kier alpha value is -0.393. The fourth-order valence-corrected chi connectivity index (χ4v) is 2.14. The van der Waals surface area contributed by atoms with Crippen molar-refractivity contribution in [3.8, 4) is 0 Å². The lowest BCUT2D eigenvalue weighted by Crippen LogP contribution is -2.58. The first-order valence-corrected chi connectivity index (χ1v) is 8.18. The second kappa shape index (κ2) is 6.80. The molecule has 3 nitrogen and oxygen atoms in total. The Kier molecular flexibility index (Phi) is 6.67. The van der Waals surface area contributed by atoms with Crippen molar-refractivity contribution in [3.63, 3.8) is 0 Å². The second-order valence-corrected chi connectivity index (χ2v) is 6.83. The van der Waals surface area contributed by atoms with E-state index < -0.39 is 51.6 Å². The van der Waals surface area contributed by atoms with Gasteiger partial charge < -0.3 is 14.4 Å². The minimum Gasteiger partial charge on any atom is -0.390 e. The van der Waals surface area contributed by atoms with Gasteiger partial charge in [-0.25, -0.2) is 4.39 Å². The molecule has 0 aromatic heterocycles. The van der Waals surface area contributed by atoms with E-state index in [2.05, 4.69) is 0 Å². The molecule has 0 spiro atoms. The molecule has 0 aliphatic carbocycles. The van der Waals surface area contributed by atoms with Crippen molar-refractivity contribution >= 4 is 8.80 Å². The summed E-state index contributed by atoms with van der Waals surface area (Å²) in [5.41, 5.74) is 0. The summed E-state index contributed by atoms with van der Waals surface area (Å²) in [5.74, 6) is -17.0. The van der Waals surface area contributed by atoms with Crippen molar-refractivity contribution in [2.75, 3.05) is 0 Å². The van der Waals surface area contributed by atoms with E-state index in [-0.39, 0.29) is 12.8 Å². The minimum atomic E-state index is -6.02. The third-order valence-corrected chi connectivity index (χ3v) is 3.78. The van der Waals surface area contributed by atoms with Crippen molar-refractivity contribution < 1.29 is 45.1 Å². The SMILES string of the molecule is CCCCC(F)C(F)(F)C(F)(F)C(F)(F)CC[Si](O)(O)O. The predicted molar refractivity (Wildman–Crippen MR) is 61.1 cm³/mol. The zero-order valence-electron chi connectivity index (χ0n) is 11.1. The first-order chi connectivity index (χ1) is 9.19. The van der Waals surface area contributed by atoms with Gasteiger partial charge in [-0.2, -0.15) is 26.3 Å². The highest BCUT2D eigenvalue weighted by atomic mass is 28.4. The molecule has 1 unspecified atom stereocenters. The fourth-order valence-electron chi connectivity index (χ4n) is 1.49. The van der Waals surface area contributed by atoms with Gasteiger partial charge in [0.05, 0.1) is 0 Å². The topological polar surface area (TPSA) is 60.7 Å². The summed E-state index contributed by atoms with van der Waals surface area (Å²) in [4.78, 5) is 25.5. The third kappa shape index (κ3) is 5.08. The highest BCUT2D eigenvalue weighted by molar-refractivity contribution is 6.56. The van der Waals surface area contributed by atoms with Crippen LogP contribution >= 0.6 is 0 Å². The number of hydrogen-bond acceptors (Lipinski definition) is 3. The van der Waals surface area contributed by atoms with Crippen LogP contribution in [0.1, 0.15) is 32.6 Å². The molecule has 0 aromatic rings. The van der Waals surface area contributed by atoms with Gasteiger partial charge in [0.2, 0.25) is 0 Å². The maximum absolute atomic E-state index is 13.3. The van der Waals surface area contributed by atoms with E-state index in [4.69, 9.17) is 14.4 Å². The van der Waals surface area contributed by atoms with E-state index in [1.54, 1.807) is 0 Å². The lowest BCUT2D eigenvalue weighted by atomic mass is 9.96. The zero-order chi connectivity index (χ0) is 17.1. The van der Waals surface area contributed by atoms with Gasteiger partial charge in [0.25, 0.3) is 0 Å². The summed E-state index contributed by atoms with van der Waals surface area (Å²) in [6, 6.07) is -1.57. The summed E-state index contributed by atoms with van der Waals surface area (Å²) in [6.07, 6.45) is -6.54. The Bertz CT molecular complexity index is 333. The molecule has 0 radical (unpaired) electrons. The van der Waals surface area contributed by atoms with Crippen molar-refractivity contribution in [2.45, 2.75) is 62.6 Å². The maximum atomic E-state index is 13.3. The number of unbranched alkanes of at least 4 members (excludes halogenated alkanes) is 1. The van der Waals surface area contributed by atoms with Crippen LogP contribution in [0.25, 0.3) is 0 Å². The maximum Gasteiger partial charge on any atom is 0.492 e. The largest absolute Gasteiger partial charge is 0.492 e. The van der Waals surface area contributed by atoms with Crippen LogP contribution in [0.2, 0.25) is 6.04 Å². The second-order valence-electron chi connectivity index (χ2n) is 4.79. The summed E-state index contributed by atoms with van der Waals surface area (Å²) in [5, 5.41) is 0. The van der Waals surface area contributed by atoms with E-state index in [0.29, 0.717) is 0 Å². The molecule has 0 rings (SSSR count). The van der Waals surface area contributed by atoms with E-state index in [9.17, 15) is 30.7 Å². The predicted octanol–water partition coefficient (Wildman–Crippen LogP) is 2.73. The Labute approximate surface area is 117 Å². The fraction of sp³-hybridized carbons (Fsp3) is 1.00. The van der Waals surface area contributed by atoms with E-state index in [0.717, 1.165) is 0 Å². The van der Waals surface area contributed by atoms with Gasteiger partial charge in [0.1, 0.15) is 0 Å². The number of halogens is 7. The molecule has 0 saturated carbocycles. The Balaban J connectivity index is 5.12. The standard InChI is InChI=1S/C10H17F7O3Si/c1-2-3-4-7(11)9(14,15)10(16,17)8(12,13)5-6-21(18,19)20/h7,18-20H,2-6H2,1H3. The molecule has 0 aliphatic heterocycles. The summed E-state index contributed by atoms with van der Waals surface area (Å²) < 4.78 is 92.6. The smallest absolute Gasteiger partial charge is 0.390 e. The van der Waals surface area contributed by atoms with Crippen molar-refractivity contribution in [1.29, 1.82) is 0 Å². The monoisotopic (exact) mass is 346 g/mol. The minimum absolute atomic E-state index is 0.182. The molecule has 1 atom stereocenters. The molecule has 128 valence electrons. The van der Waals surface area contributed by atoms with Gasteiger partial charge >= 0.3 is 26.6 Å². The van der Waals surface area contributed by atoms with Gasteiger partial charge in [-0.15, -0.1) is 0 Å². The van der Waals surface area contributed by atoms with Crippen LogP contribution in [0.15, 0.2) is 0 Å². The number of hydrogen-bond donors (Lipinski definition) is 3. The third-order valence-electron chi connectivity index (χ3n) is 2.86. The van der Waals surface area contributed by atoms with Crippen LogP contribution in [0, 0.1) is 0 Å². The lowest BCUT2D eigenvalue weighted by Gasteiger charge is -2.34. The van der Waals surface area contributed by atoms with Gasteiger partial charge in [-0.3, -0.25) is 0 Å². The molecule has 0 amide bonds. The van der Waals surface area contributed by atoms with E-state index in [1.165, 1.54) is 6.92 Å². The first kappa shape index (κ1) is 20.6. The first-order valence-electron chi connectivity index (χ1n) is 6.13. The molecule has 0 fully saturated rings. The molecule has 0 aromatic carbocycles. The van der Waals surface area contributed by atoms with E-state index >= 15 is 0 Å². The highest BCUT2D eigenvalue weighted by Crippen LogP contribution is 2.50. The summed E-state index contributed by atoms with van der Waals surface area (Å²) in [7, 11) is -5.11. The van der Waals surface area contributed by atoms with Gasteiger partial charge in [0, 0.05) is 12.5 Å². The Morgan fingerprint density at radius 2 is 1.48 bits per heavy atom. The van der Waals surface area contributed by atoms with Crippen molar-refractivity contribution in [2.24, 2.45) is 0 Å². The summed E-state index contributed by atoms with van der Waals surface area (Å²) >= 11 is 0. The molecular formula is C10H17F7O3Si. The van der Waals surface area contributed by atoms with Crippen molar-refractivity contribution in [3.05, 3.63) is 0 Å². The van der Waals surface area contributed by atoms with Crippen LogP contribution in [-0.2, 0) is 0 Å². The lowest BCUT2D eigenvalue weighted by molar-refractivity contribution is -0.326. The van der Waals surface area contributed by atoms with Crippen LogP contribution in [0.5, 0.6) is 0 Å². The van der Waals surface area contributed by atoms with Gasteiger partial charge in [-0.1, -0.05) is 19.8 Å². The molecule has 21 heavy (non-hydrogen) atoms. The highest BCUT2D eigenvalue weighted by Gasteiger charge is 2.73. The quantitative estimate of drug-likeness (QED) is 0.444. The average molecular weight is 346 g/mol. The average Bonchev–Trinajstić information content (AvgIpc) is 2.32. The molecule has 0 saturated heterocycles. The van der Waals surface area contributed by atoms with E-state index in [1.807, 2.05) is 0 Å². The molecular weight excluding hydrogens is 329 g/mol. The molecule has 0 aliphatic rings. The van der Waals surface area contributed by atoms with Crippen LogP contribution in [0.3, 0.4) is 0 Å². The normalized spacial score (nSPS) is 16.1. The summed E-state index contributed by atoms with van der Waals surface area (Å²) in [6.45, 7) is 1.48. The van der Waals surface area contributed by atoms with Crippen LogP contribution < -0.4 is 0 Å². The van der Waals surface area contributed by atoms with Crippen molar-refractivity contribution in [1.82, 2.24) is 0 Å².